The summed E-state index contributed by atoms with van der Waals surface area (Å²) >= 11 is 0. The smallest absolute Gasteiger partial charge is 0.227 e. The van der Waals surface area contributed by atoms with E-state index in [2.05, 4.69) is 6.07 Å². The van der Waals surface area contributed by atoms with E-state index in [0.29, 0.717) is 19.6 Å². The van der Waals surface area contributed by atoms with Crippen molar-refractivity contribution in [1.29, 1.82) is 5.26 Å². The molecule has 0 aliphatic carbocycles. The van der Waals surface area contributed by atoms with E-state index >= 15 is 0 Å². The van der Waals surface area contributed by atoms with Crippen LogP contribution in [0.1, 0.15) is 18.1 Å². The van der Waals surface area contributed by atoms with E-state index in [1.54, 1.807) is 4.90 Å². The van der Waals surface area contributed by atoms with E-state index in [4.69, 9.17) is 10.00 Å². The van der Waals surface area contributed by atoms with E-state index in [9.17, 15) is 9.90 Å². The van der Waals surface area contributed by atoms with Gasteiger partial charge in [0.25, 0.3) is 0 Å². The van der Waals surface area contributed by atoms with Crippen LogP contribution in [0.5, 0.6) is 0 Å². The number of morpholine rings is 1. The van der Waals surface area contributed by atoms with Crippen LogP contribution >= 0.6 is 0 Å². The quantitative estimate of drug-likeness (QED) is 0.893. The third kappa shape index (κ3) is 3.81. The highest BCUT2D eigenvalue weighted by atomic mass is 16.5. The first kappa shape index (κ1) is 15.5. The fourth-order valence-electron chi connectivity index (χ4n) is 2.53. The third-order valence-corrected chi connectivity index (χ3v) is 3.76. The van der Waals surface area contributed by atoms with Gasteiger partial charge >= 0.3 is 0 Å². The molecule has 2 atom stereocenters. The number of nitrogens with zero attached hydrogens (tertiary/aromatic N) is 2. The molecule has 1 aromatic carbocycles. The first-order chi connectivity index (χ1) is 10.2. The van der Waals surface area contributed by atoms with Crippen molar-refractivity contribution in [3.05, 3.63) is 35.4 Å². The SMILES string of the molecule is CC1COC(CO)CN1C(=O)Cc1ccccc1CC#N. The molecule has 1 fully saturated rings. The summed E-state index contributed by atoms with van der Waals surface area (Å²) in [7, 11) is 0. The summed E-state index contributed by atoms with van der Waals surface area (Å²) in [6.07, 6.45) is 0.279. The average Bonchev–Trinajstić information content (AvgIpc) is 2.50. The fraction of sp³-hybridized carbons (Fsp3) is 0.500. The van der Waals surface area contributed by atoms with Crippen LogP contribution in [0.15, 0.2) is 24.3 Å². The highest BCUT2D eigenvalue weighted by molar-refractivity contribution is 5.79. The fourth-order valence-corrected chi connectivity index (χ4v) is 2.53. The topological polar surface area (TPSA) is 73.6 Å². The molecule has 1 N–H and O–H groups in total. The van der Waals surface area contributed by atoms with Gasteiger partial charge in [-0.15, -0.1) is 0 Å². The average molecular weight is 288 g/mol. The van der Waals surface area contributed by atoms with Crippen molar-refractivity contribution in [2.45, 2.75) is 31.9 Å². The molecule has 0 bridgehead atoms. The molecular formula is C16H20N2O3. The van der Waals surface area contributed by atoms with Crippen LogP contribution in [0.3, 0.4) is 0 Å². The molecule has 1 amide bonds. The summed E-state index contributed by atoms with van der Waals surface area (Å²) in [5.74, 6) is 0.00893. The third-order valence-electron chi connectivity index (χ3n) is 3.76. The number of rotatable bonds is 4. The van der Waals surface area contributed by atoms with Gasteiger partial charge in [-0.25, -0.2) is 0 Å². The number of hydrogen-bond acceptors (Lipinski definition) is 4. The Morgan fingerprint density at radius 1 is 1.48 bits per heavy atom. The minimum Gasteiger partial charge on any atom is -0.394 e. The molecule has 0 spiro atoms. The Morgan fingerprint density at radius 2 is 2.19 bits per heavy atom. The molecular weight excluding hydrogens is 268 g/mol. The molecule has 5 nitrogen and oxygen atoms in total. The molecule has 0 radical (unpaired) electrons. The zero-order chi connectivity index (χ0) is 15.2. The van der Waals surface area contributed by atoms with E-state index in [0.717, 1.165) is 11.1 Å². The van der Waals surface area contributed by atoms with Crippen molar-refractivity contribution < 1.29 is 14.6 Å². The number of nitriles is 1. The zero-order valence-electron chi connectivity index (χ0n) is 12.2. The second-order valence-electron chi connectivity index (χ2n) is 5.31. The van der Waals surface area contributed by atoms with Gasteiger partial charge in [-0.2, -0.15) is 5.26 Å². The molecule has 2 rings (SSSR count). The monoisotopic (exact) mass is 288 g/mol. The number of amides is 1. The normalized spacial score (nSPS) is 21.9. The van der Waals surface area contributed by atoms with Crippen molar-refractivity contribution in [2.24, 2.45) is 0 Å². The van der Waals surface area contributed by atoms with Crippen LogP contribution in [0.25, 0.3) is 0 Å². The van der Waals surface area contributed by atoms with Crippen LogP contribution in [0, 0.1) is 11.3 Å². The number of ether oxygens (including phenoxy) is 1. The largest absolute Gasteiger partial charge is 0.394 e. The van der Waals surface area contributed by atoms with Crippen LogP contribution in [-0.4, -0.2) is 47.8 Å². The highest BCUT2D eigenvalue weighted by Crippen LogP contribution is 2.16. The van der Waals surface area contributed by atoms with Crippen LogP contribution in [-0.2, 0) is 22.4 Å². The molecule has 1 heterocycles. The number of aliphatic hydroxyl groups is 1. The van der Waals surface area contributed by atoms with Crippen molar-refractivity contribution in [3.63, 3.8) is 0 Å². The van der Waals surface area contributed by atoms with Crippen molar-refractivity contribution in [1.82, 2.24) is 4.90 Å². The van der Waals surface area contributed by atoms with E-state index in [1.807, 2.05) is 31.2 Å². The number of carbonyl (C=O) groups is 1. The van der Waals surface area contributed by atoms with Crippen molar-refractivity contribution in [3.8, 4) is 6.07 Å². The van der Waals surface area contributed by atoms with E-state index < -0.39 is 0 Å². The lowest BCUT2D eigenvalue weighted by molar-refractivity contribution is -0.145. The lowest BCUT2D eigenvalue weighted by Gasteiger charge is -2.37. The molecule has 0 aromatic heterocycles. The molecule has 112 valence electrons. The molecule has 21 heavy (non-hydrogen) atoms. The molecule has 1 aliphatic rings. The van der Waals surface area contributed by atoms with Crippen LogP contribution in [0.2, 0.25) is 0 Å². The number of hydrogen-bond donors (Lipinski definition) is 1. The number of aliphatic hydroxyl groups excluding tert-OH is 1. The van der Waals surface area contributed by atoms with Gasteiger partial charge in [0, 0.05) is 6.54 Å². The predicted molar refractivity (Wildman–Crippen MR) is 77.5 cm³/mol. The maximum Gasteiger partial charge on any atom is 0.227 e. The number of benzene rings is 1. The zero-order valence-corrected chi connectivity index (χ0v) is 12.2. The summed E-state index contributed by atoms with van der Waals surface area (Å²) in [5.41, 5.74) is 1.79. The standard InChI is InChI=1S/C16H20N2O3/c1-12-11-21-15(10-19)9-18(12)16(20)8-14-5-3-2-4-13(14)6-7-17/h2-5,12,15,19H,6,8-11H2,1H3. The van der Waals surface area contributed by atoms with Gasteiger partial charge in [0.05, 0.1) is 44.3 Å². The van der Waals surface area contributed by atoms with Gasteiger partial charge < -0.3 is 14.7 Å². The van der Waals surface area contributed by atoms with Crippen molar-refractivity contribution in [2.75, 3.05) is 19.8 Å². The van der Waals surface area contributed by atoms with Gasteiger partial charge in [0.15, 0.2) is 0 Å². The minimum absolute atomic E-state index is 0.00318. The second kappa shape index (κ2) is 7.21. The minimum atomic E-state index is -0.306. The Bertz CT molecular complexity index is 539. The Morgan fingerprint density at radius 3 is 2.86 bits per heavy atom. The lowest BCUT2D eigenvalue weighted by atomic mass is 10.0. The lowest BCUT2D eigenvalue weighted by Crippen LogP contribution is -2.52. The Kier molecular flexibility index (Phi) is 5.32. The molecule has 2 unspecified atom stereocenters. The first-order valence-corrected chi connectivity index (χ1v) is 7.11. The molecule has 0 saturated carbocycles. The predicted octanol–water partition coefficient (Wildman–Crippen LogP) is 0.903. The maximum atomic E-state index is 12.5. The Hall–Kier alpha value is -1.90. The van der Waals surface area contributed by atoms with E-state index in [-0.39, 0.29) is 31.1 Å². The summed E-state index contributed by atoms with van der Waals surface area (Å²) in [4.78, 5) is 14.3. The van der Waals surface area contributed by atoms with Gasteiger partial charge in [0.2, 0.25) is 5.91 Å². The molecule has 1 aliphatic heterocycles. The molecule has 5 heteroatoms. The van der Waals surface area contributed by atoms with Crippen molar-refractivity contribution >= 4 is 5.91 Å². The second-order valence-corrected chi connectivity index (χ2v) is 5.31. The Labute approximate surface area is 124 Å². The van der Waals surface area contributed by atoms with Gasteiger partial charge in [-0.05, 0) is 18.1 Å². The van der Waals surface area contributed by atoms with E-state index in [1.165, 1.54) is 0 Å². The summed E-state index contributed by atoms with van der Waals surface area (Å²) in [6.45, 7) is 2.71. The van der Waals surface area contributed by atoms with Crippen LogP contribution < -0.4 is 0 Å². The molecule has 1 aromatic rings. The summed E-state index contributed by atoms with van der Waals surface area (Å²) in [6, 6.07) is 9.65. The number of carbonyl (C=O) groups excluding carboxylic acids is 1. The summed E-state index contributed by atoms with van der Waals surface area (Å²) < 4.78 is 5.45. The maximum absolute atomic E-state index is 12.5. The van der Waals surface area contributed by atoms with Gasteiger partial charge in [-0.3, -0.25) is 4.79 Å². The Balaban J connectivity index is 2.08. The summed E-state index contributed by atoms with van der Waals surface area (Å²) in [5, 5.41) is 18.0. The van der Waals surface area contributed by atoms with Gasteiger partial charge in [-0.1, -0.05) is 24.3 Å². The molecule has 1 saturated heterocycles. The highest BCUT2D eigenvalue weighted by Gasteiger charge is 2.29. The van der Waals surface area contributed by atoms with Gasteiger partial charge in [0.1, 0.15) is 0 Å². The first-order valence-electron chi connectivity index (χ1n) is 7.11. The van der Waals surface area contributed by atoms with Crippen LogP contribution in [0.4, 0.5) is 0 Å².